The third-order valence-electron chi connectivity index (χ3n) is 4.90. The highest BCUT2D eigenvalue weighted by Gasteiger charge is 2.42. The van der Waals surface area contributed by atoms with Crippen LogP contribution in [-0.4, -0.2) is 17.0 Å². The van der Waals surface area contributed by atoms with Crippen molar-refractivity contribution < 1.29 is 19.4 Å². The maximum Gasteiger partial charge on any atom is 0.310 e. The molecule has 0 spiro atoms. The molecule has 0 atom stereocenters. The van der Waals surface area contributed by atoms with E-state index in [-0.39, 0.29) is 12.3 Å². The number of anilines is 1. The van der Waals surface area contributed by atoms with Gasteiger partial charge in [0.15, 0.2) is 0 Å². The summed E-state index contributed by atoms with van der Waals surface area (Å²) < 4.78 is 5.72. The van der Waals surface area contributed by atoms with E-state index in [1.54, 1.807) is 24.3 Å². The van der Waals surface area contributed by atoms with Crippen molar-refractivity contribution in [1.29, 1.82) is 0 Å². The second kappa shape index (κ2) is 8.04. The Labute approximate surface area is 153 Å². The van der Waals surface area contributed by atoms with Crippen molar-refractivity contribution in [1.82, 2.24) is 0 Å². The topological polar surface area (TPSA) is 75.6 Å². The molecule has 2 N–H and O–H groups in total. The van der Waals surface area contributed by atoms with Crippen LogP contribution >= 0.6 is 0 Å². The summed E-state index contributed by atoms with van der Waals surface area (Å²) in [5, 5.41) is 12.3. The highest BCUT2D eigenvalue weighted by Crippen LogP contribution is 2.41. The molecule has 0 saturated heterocycles. The first-order chi connectivity index (χ1) is 12.6. The predicted octanol–water partition coefficient (Wildman–Crippen LogP) is 4.24. The van der Waals surface area contributed by atoms with Gasteiger partial charge < -0.3 is 15.2 Å². The van der Waals surface area contributed by atoms with Gasteiger partial charge >= 0.3 is 5.97 Å². The first-order valence-corrected chi connectivity index (χ1v) is 8.87. The average molecular weight is 353 g/mol. The number of amides is 1. The minimum atomic E-state index is -0.900. The lowest BCUT2D eigenvalue weighted by atomic mass is 9.82. The van der Waals surface area contributed by atoms with Gasteiger partial charge in [-0.1, -0.05) is 43.2 Å². The first-order valence-electron chi connectivity index (χ1n) is 8.87. The molecule has 1 aliphatic rings. The van der Waals surface area contributed by atoms with Crippen LogP contribution in [0, 0.1) is 5.41 Å². The maximum atomic E-state index is 12.3. The summed E-state index contributed by atoms with van der Waals surface area (Å²) in [6.07, 6.45) is 2.90. The molecular formula is C21H23NO4. The number of hydrogen-bond acceptors (Lipinski definition) is 3. The van der Waals surface area contributed by atoms with Crippen LogP contribution in [0.15, 0.2) is 54.6 Å². The highest BCUT2D eigenvalue weighted by molar-refractivity contribution is 5.94. The van der Waals surface area contributed by atoms with Crippen molar-refractivity contribution in [2.24, 2.45) is 5.41 Å². The minimum absolute atomic E-state index is 0.0224. The van der Waals surface area contributed by atoms with E-state index in [1.165, 1.54) is 0 Å². The Hall–Kier alpha value is -2.82. The molecule has 5 heteroatoms. The number of carboxylic acids is 1. The molecule has 136 valence electrons. The summed E-state index contributed by atoms with van der Waals surface area (Å²) in [5.74, 6) is -0.410. The Morgan fingerprint density at radius 3 is 2.27 bits per heavy atom. The number of carbonyl (C=O) groups excluding carboxylic acids is 1. The number of carboxylic acid groups (broad SMARTS) is 1. The second-order valence-electron chi connectivity index (χ2n) is 6.82. The molecule has 5 nitrogen and oxygen atoms in total. The van der Waals surface area contributed by atoms with Crippen molar-refractivity contribution in [2.75, 3.05) is 5.32 Å². The molecule has 0 radical (unpaired) electrons. The van der Waals surface area contributed by atoms with Crippen molar-refractivity contribution in [3.8, 4) is 5.75 Å². The molecule has 0 heterocycles. The third-order valence-corrected chi connectivity index (χ3v) is 4.90. The first kappa shape index (κ1) is 18.0. The lowest BCUT2D eigenvalue weighted by Crippen LogP contribution is -2.32. The highest BCUT2D eigenvalue weighted by atomic mass is 16.5. The number of aliphatic carboxylic acids is 1. The molecule has 26 heavy (non-hydrogen) atoms. The van der Waals surface area contributed by atoms with E-state index in [9.17, 15) is 14.7 Å². The van der Waals surface area contributed by atoms with Crippen LogP contribution < -0.4 is 10.1 Å². The van der Waals surface area contributed by atoms with Crippen LogP contribution in [0.25, 0.3) is 0 Å². The van der Waals surface area contributed by atoms with Crippen LogP contribution in [0.3, 0.4) is 0 Å². The molecule has 1 saturated carbocycles. The van der Waals surface area contributed by atoms with Gasteiger partial charge in [0.25, 0.3) is 0 Å². The number of nitrogens with one attached hydrogen (secondary N) is 1. The normalized spacial score (nSPS) is 15.4. The number of carbonyl (C=O) groups is 2. The molecular weight excluding hydrogens is 330 g/mol. The number of ether oxygens (including phenoxy) is 1. The van der Waals surface area contributed by atoms with Gasteiger partial charge in [-0.05, 0) is 42.7 Å². The van der Waals surface area contributed by atoms with Crippen LogP contribution in [0.4, 0.5) is 5.69 Å². The van der Waals surface area contributed by atoms with Crippen LogP contribution in [0.1, 0.15) is 37.7 Å². The van der Waals surface area contributed by atoms with Gasteiger partial charge in [-0.25, -0.2) is 0 Å². The van der Waals surface area contributed by atoms with Crippen molar-refractivity contribution in [3.63, 3.8) is 0 Å². The average Bonchev–Trinajstić information content (AvgIpc) is 3.12. The standard InChI is InChI=1S/C21H23NO4/c23-19(14-21(20(24)25)12-4-5-13-21)22-17-8-10-18(11-9-17)26-15-16-6-2-1-3-7-16/h1-3,6-11H,4-5,12-15H2,(H,22,23)(H,24,25). The molecule has 2 aromatic rings. The van der Waals surface area contributed by atoms with Gasteiger partial charge in [0.05, 0.1) is 5.41 Å². The van der Waals surface area contributed by atoms with E-state index < -0.39 is 11.4 Å². The van der Waals surface area contributed by atoms with Gasteiger partial charge in [0.1, 0.15) is 12.4 Å². The summed E-state index contributed by atoms with van der Waals surface area (Å²) in [6.45, 7) is 0.480. The fraction of sp³-hybridized carbons (Fsp3) is 0.333. The largest absolute Gasteiger partial charge is 0.489 e. The number of rotatable bonds is 7. The zero-order chi connectivity index (χ0) is 18.4. The maximum absolute atomic E-state index is 12.3. The molecule has 0 unspecified atom stereocenters. The SMILES string of the molecule is O=C(CC1(C(=O)O)CCCC1)Nc1ccc(OCc2ccccc2)cc1. The number of hydrogen-bond donors (Lipinski definition) is 2. The summed E-state index contributed by atoms with van der Waals surface area (Å²) in [4.78, 5) is 23.8. The monoisotopic (exact) mass is 353 g/mol. The van der Waals surface area contributed by atoms with Crippen LogP contribution in [-0.2, 0) is 16.2 Å². The Kier molecular flexibility index (Phi) is 5.56. The second-order valence-corrected chi connectivity index (χ2v) is 6.82. The van der Waals surface area contributed by atoms with E-state index in [1.807, 2.05) is 30.3 Å². The number of benzene rings is 2. The fourth-order valence-electron chi connectivity index (χ4n) is 3.41. The van der Waals surface area contributed by atoms with Gasteiger partial charge in [-0.3, -0.25) is 9.59 Å². The summed E-state index contributed by atoms with van der Waals surface area (Å²) in [6, 6.07) is 17.0. The Bertz CT molecular complexity index is 749. The zero-order valence-electron chi connectivity index (χ0n) is 14.6. The lowest BCUT2D eigenvalue weighted by Gasteiger charge is -2.22. The summed E-state index contributed by atoms with van der Waals surface area (Å²) >= 11 is 0. The smallest absolute Gasteiger partial charge is 0.310 e. The molecule has 2 aromatic carbocycles. The molecule has 0 aliphatic heterocycles. The van der Waals surface area contributed by atoms with Crippen molar-refractivity contribution in [2.45, 2.75) is 38.7 Å². The molecule has 1 amide bonds. The van der Waals surface area contributed by atoms with E-state index in [0.717, 1.165) is 18.4 Å². The van der Waals surface area contributed by atoms with Gasteiger partial charge in [-0.2, -0.15) is 0 Å². The van der Waals surface area contributed by atoms with E-state index >= 15 is 0 Å². The third kappa shape index (κ3) is 4.42. The van der Waals surface area contributed by atoms with Gasteiger partial charge in [-0.15, -0.1) is 0 Å². The van der Waals surface area contributed by atoms with Crippen molar-refractivity contribution in [3.05, 3.63) is 60.2 Å². The fourth-order valence-corrected chi connectivity index (χ4v) is 3.41. The molecule has 1 fully saturated rings. The van der Waals surface area contributed by atoms with Gasteiger partial charge in [0.2, 0.25) is 5.91 Å². The van der Waals surface area contributed by atoms with Crippen LogP contribution in [0.2, 0.25) is 0 Å². The van der Waals surface area contributed by atoms with Crippen molar-refractivity contribution >= 4 is 17.6 Å². The van der Waals surface area contributed by atoms with Gasteiger partial charge in [0, 0.05) is 12.1 Å². The molecule has 0 aromatic heterocycles. The predicted molar refractivity (Wildman–Crippen MR) is 99.0 cm³/mol. The summed E-state index contributed by atoms with van der Waals surface area (Å²) in [7, 11) is 0. The Balaban J connectivity index is 1.53. The zero-order valence-corrected chi connectivity index (χ0v) is 14.6. The van der Waals surface area contributed by atoms with E-state index in [2.05, 4.69) is 5.32 Å². The molecule has 0 bridgehead atoms. The molecule has 1 aliphatic carbocycles. The minimum Gasteiger partial charge on any atom is -0.489 e. The van der Waals surface area contributed by atoms with E-state index in [4.69, 9.17) is 4.74 Å². The van der Waals surface area contributed by atoms with Crippen LogP contribution in [0.5, 0.6) is 5.75 Å². The molecule has 3 rings (SSSR count). The summed E-state index contributed by atoms with van der Waals surface area (Å²) in [5.41, 5.74) is 0.823. The quantitative estimate of drug-likeness (QED) is 0.781. The lowest BCUT2D eigenvalue weighted by molar-refractivity contribution is -0.150. The van der Waals surface area contributed by atoms with E-state index in [0.29, 0.717) is 30.9 Å². The Morgan fingerprint density at radius 2 is 1.65 bits per heavy atom. The Morgan fingerprint density at radius 1 is 1.00 bits per heavy atom.